The average Bonchev–Trinajstić information content (AvgIpc) is 3.00. The molecule has 2 rings (SSSR count). The van der Waals surface area contributed by atoms with Crippen molar-refractivity contribution in [1.82, 2.24) is 0 Å². The Kier molecular flexibility index (Phi) is 3.14. The summed E-state index contributed by atoms with van der Waals surface area (Å²) in [6, 6.07) is 7.96. The second-order valence-corrected chi connectivity index (χ2v) is 3.81. The first-order chi connectivity index (χ1) is 7.25. The quantitative estimate of drug-likeness (QED) is 0.600. The van der Waals surface area contributed by atoms with Crippen LogP contribution in [-0.2, 0) is 11.2 Å². The van der Waals surface area contributed by atoms with E-state index in [0.717, 1.165) is 18.7 Å². The molecule has 0 aliphatic carbocycles. The Bertz CT molecular complexity index is 356. The number of aliphatic hydroxyl groups excluding tert-OH is 1. The summed E-state index contributed by atoms with van der Waals surface area (Å²) in [6.07, 6.45) is 2.32. The fourth-order valence-corrected chi connectivity index (χ4v) is 1.43. The third-order valence-corrected chi connectivity index (χ3v) is 2.27. The predicted octanol–water partition coefficient (Wildman–Crippen LogP) is 1.71. The van der Waals surface area contributed by atoms with Gasteiger partial charge in [-0.15, -0.1) is 0 Å². The number of ether oxygens (including phenoxy) is 1. The molecule has 1 aromatic carbocycles. The van der Waals surface area contributed by atoms with Crippen molar-refractivity contribution < 1.29 is 9.84 Å². The highest BCUT2D eigenvalue weighted by Crippen LogP contribution is 2.24. The van der Waals surface area contributed by atoms with Gasteiger partial charge in [-0.05, 0) is 18.6 Å². The van der Waals surface area contributed by atoms with Gasteiger partial charge in [-0.3, -0.25) is 4.99 Å². The van der Waals surface area contributed by atoms with Crippen molar-refractivity contribution in [3.8, 4) is 0 Å². The number of nitrogens with zero attached hydrogens (tertiary/aromatic N) is 1. The van der Waals surface area contributed by atoms with Crippen LogP contribution in [0.2, 0.25) is 0 Å². The predicted molar refractivity (Wildman–Crippen MR) is 59.7 cm³/mol. The molecule has 1 saturated heterocycles. The molecule has 0 amide bonds. The van der Waals surface area contributed by atoms with Gasteiger partial charge in [-0.1, -0.05) is 18.2 Å². The van der Waals surface area contributed by atoms with Gasteiger partial charge < -0.3 is 9.84 Å². The van der Waals surface area contributed by atoms with Gasteiger partial charge >= 0.3 is 0 Å². The molecule has 3 heteroatoms. The molecule has 80 valence electrons. The number of para-hydroxylation sites is 1. The molecule has 1 aliphatic rings. The van der Waals surface area contributed by atoms with Crippen LogP contribution in [0.15, 0.2) is 29.3 Å². The number of rotatable bonds is 4. The van der Waals surface area contributed by atoms with Gasteiger partial charge in [-0.2, -0.15) is 0 Å². The maximum absolute atomic E-state index is 9.12. The summed E-state index contributed by atoms with van der Waals surface area (Å²) in [4.78, 5) is 4.26. The largest absolute Gasteiger partial charge is 0.388 e. The van der Waals surface area contributed by atoms with Crippen molar-refractivity contribution in [2.45, 2.75) is 25.6 Å². The second kappa shape index (κ2) is 4.55. The fraction of sp³-hybridized carbons (Fsp3) is 0.417. The molecular formula is C12H15NO2. The summed E-state index contributed by atoms with van der Waals surface area (Å²) in [5, 5.41) is 9.12. The van der Waals surface area contributed by atoms with Crippen molar-refractivity contribution in [3.05, 3.63) is 29.8 Å². The van der Waals surface area contributed by atoms with E-state index in [4.69, 9.17) is 9.84 Å². The minimum absolute atomic E-state index is 0.368. The Morgan fingerprint density at radius 2 is 2.33 bits per heavy atom. The van der Waals surface area contributed by atoms with Crippen LogP contribution < -0.4 is 0 Å². The zero-order valence-electron chi connectivity index (χ0n) is 8.76. The van der Waals surface area contributed by atoms with E-state index >= 15 is 0 Å². The molecule has 0 aromatic heterocycles. The molecule has 1 heterocycles. The SMILES string of the molecule is CC(O)C=Nc1ccccc1CC1CO1. The Morgan fingerprint density at radius 1 is 1.60 bits per heavy atom. The first kappa shape index (κ1) is 10.3. The third-order valence-electron chi connectivity index (χ3n) is 2.27. The van der Waals surface area contributed by atoms with Crippen LogP contribution in [-0.4, -0.2) is 30.1 Å². The molecule has 2 unspecified atom stereocenters. The maximum atomic E-state index is 9.12. The van der Waals surface area contributed by atoms with Crippen LogP contribution in [0.3, 0.4) is 0 Å². The summed E-state index contributed by atoms with van der Waals surface area (Å²) in [7, 11) is 0. The Hall–Kier alpha value is -1.19. The molecule has 1 aliphatic heterocycles. The molecule has 1 N–H and O–H groups in total. The van der Waals surface area contributed by atoms with E-state index in [2.05, 4.69) is 11.1 Å². The number of aliphatic hydroxyl groups is 1. The van der Waals surface area contributed by atoms with E-state index < -0.39 is 6.10 Å². The van der Waals surface area contributed by atoms with Crippen molar-refractivity contribution in [2.75, 3.05) is 6.61 Å². The molecule has 15 heavy (non-hydrogen) atoms. The zero-order chi connectivity index (χ0) is 10.7. The average molecular weight is 205 g/mol. The first-order valence-electron chi connectivity index (χ1n) is 5.17. The highest BCUT2D eigenvalue weighted by Gasteiger charge is 2.23. The minimum Gasteiger partial charge on any atom is -0.388 e. The van der Waals surface area contributed by atoms with E-state index in [1.807, 2.05) is 18.2 Å². The van der Waals surface area contributed by atoms with Crippen LogP contribution in [0.1, 0.15) is 12.5 Å². The monoisotopic (exact) mass is 205 g/mol. The lowest BCUT2D eigenvalue weighted by Gasteiger charge is -2.03. The van der Waals surface area contributed by atoms with Crippen molar-refractivity contribution >= 4 is 11.9 Å². The van der Waals surface area contributed by atoms with Crippen molar-refractivity contribution in [3.63, 3.8) is 0 Å². The molecule has 0 bridgehead atoms. The number of hydrogen-bond acceptors (Lipinski definition) is 3. The standard InChI is InChI=1S/C12H15NO2/c1-9(14)7-13-12-5-3-2-4-10(12)6-11-8-15-11/h2-5,7,9,11,14H,6,8H2,1H3. The van der Waals surface area contributed by atoms with Crippen LogP contribution in [0.4, 0.5) is 5.69 Å². The first-order valence-corrected chi connectivity index (χ1v) is 5.17. The van der Waals surface area contributed by atoms with Crippen LogP contribution in [0, 0.1) is 0 Å². The molecule has 3 nitrogen and oxygen atoms in total. The molecule has 1 aromatic rings. The highest BCUT2D eigenvalue weighted by molar-refractivity contribution is 5.68. The third kappa shape index (κ3) is 3.15. The minimum atomic E-state index is -0.504. The van der Waals surface area contributed by atoms with E-state index in [1.54, 1.807) is 13.1 Å². The highest BCUT2D eigenvalue weighted by atomic mass is 16.6. The zero-order valence-corrected chi connectivity index (χ0v) is 8.76. The number of epoxide rings is 1. The van der Waals surface area contributed by atoms with Crippen LogP contribution in [0.25, 0.3) is 0 Å². The number of aliphatic imine (C=N–C) groups is 1. The number of benzene rings is 1. The summed E-state index contributed by atoms with van der Waals surface area (Å²) >= 11 is 0. The Balaban J connectivity index is 2.13. The molecule has 0 saturated carbocycles. The van der Waals surface area contributed by atoms with Gasteiger partial charge in [0.1, 0.15) is 0 Å². The summed E-state index contributed by atoms with van der Waals surface area (Å²) < 4.78 is 5.19. The van der Waals surface area contributed by atoms with Crippen molar-refractivity contribution in [1.29, 1.82) is 0 Å². The van der Waals surface area contributed by atoms with Gasteiger partial charge in [0.2, 0.25) is 0 Å². The van der Waals surface area contributed by atoms with Gasteiger partial charge in [0.15, 0.2) is 0 Å². The molecular weight excluding hydrogens is 190 g/mol. The molecule has 0 radical (unpaired) electrons. The number of hydrogen-bond donors (Lipinski definition) is 1. The maximum Gasteiger partial charge on any atom is 0.0863 e. The lowest BCUT2D eigenvalue weighted by molar-refractivity contribution is 0.267. The second-order valence-electron chi connectivity index (χ2n) is 3.81. The topological polar surface area (TPSA) is 45.1 Å². The summed E-state index contributed by atoms with van der Waals surface area (Å²) in [5.74, 6) is 0. The van der Waals surface area contributed by atoms with E-state index in [9.17, 15) is 0 Å². The van der Waals surface area contributed by atoms with Gasteiger partial charge in [-0.25, -0.2) is 0 Å². The van der Waals surface area contributed by atoms with Gasteiger partial charge in [0.25, 0.3) is 0 Å². The Labute approximate surface area is 89.4 Å². The fourth-order valence-electron chi connectivity index (χ4n) is 1.43. The molecule has 0 spiro atoms. The Morgan fingerprint density at radius 3 is 3.00 bits per heavy atom. The van der Waals surface area contributed by atoms with E-state index in [1.165, 1.54) is 5.56 Å². The van der Waals surface area contributed by atoms with E-state index in [-0.39, 0.29) is 0 Å². The summed E-state index contributed by atoms with van der Waals surface area (Å²) in [6.45, 7) is 2.55. The van der Waals surface area contributed by atoms with Crippen LogP contribution >= 0.6 is 0 Å². The normalized spacial score (nSPS) is 21.9. The lowest BCUT2D eigenvalue weighted by atomic mass is 10.1. The smallest absolute Gasteiger partial charge is 0.0863 e. The van der Waals surface area contributed by atoms with Crippen molar-refractivity contribution in [2.24, 2.45) is 4.99 Å². The lowest BCUT2D eigenvalue weighted by Crippen LogP contribution is -2.00. The van der Waals surface area contributed by atoms with E-state index in [0.29, 0.717) is 6.10 Å². The molecule has 2 atom stereocenters. The summed E-state index contributed by atoms with van der Waals surface area (Å²) in [5.41, 5.74) is 2.10. The van der Waals surface area contributed by atoms with Gasteiger partial charge in [0, 0.05) is 12.6 Å². The van der Waals surface area contributed by atoms with Crippen LogP contribution in [0.5, 0.6) is 0 Å². The molecule has 1 fully saturated rings. The van der Waals surface area contributed by atoms with Gasteiger partial charge in [0.05, 0.1) is 24.5 Å².